The van der Waals surface area contributed by atoms with Gasteiger partial charge in [0.1, 0.15) is 19.0 Å². The first-order valence-electron chi connectivity index (χ1n) is 10.6. The lowest BCUT2D eigenvalue weighted by molar-refractivity contribution is -0.123. The van der Waals surface area contributed by atoms with Crippen molar-refractivity contribution in [2.75, 3.05) is 20.3 Å². The number of rotatable bonds is 9. The van der Waals surface area contributed by atoms with E-state index in [1.54, 1.807) is 49.6 Å². The van der Waals surface area contributed by atoms with Crippen LogP contribution in [0.25, 0.3) is 6.08 Å². The lowest BCUT2D eigenvalue weighted by atomic mass is 10.2. The Kier molecular flexibility index (Phi) is 8.23. The molecule has 2 amide bonds. The summed E-state index contributed by atoms with van der Waals surface area (Å²) < 4.78 is 16.7. The third-order valence-corrected chi connectivity index (χ3v) is 6.73. The summed E-state index contributed by atoms with van der Waals surface area (Å²) in [6.07, 6.45) is 1.69. The van der Waals surface area contributed by atoms with E-state index in [4.69, 9.17) is 37.4 Å². The van der Waals surface area contributed by atoms with Crippen LogP contribution < -0.4 is 14.2 Å². The summed E-state index contributed by atoms with van der Waals surface area (Å²) in [5.74, 6) is 1.46. The van der Waals surface area contributed by atoms with Crippen molar-refractivity contribution in [2.45, 2.75) is 6.61 Å². The molecule has 0 aliphatic carbocycles. The smallest absolute Gasteiger partial charge is 0.293 e. The van der Waals surface area contributed by atoms with E-state index in [2.05, 4.69) is 0 Å². The zero-order valence-electron chi connectivity index (χ0n) is 18.7. The summed E-state index contributed by atoms with van der Waals surface area (Å²) in [5.41, 5.74) is 1.68. The number of thioether (sulfide) groups is 1. The van der Waals surface area contributed by atoms with Gasteiger partial charge in [0, 0.05) is 0 Å². The largest absolute Gasteiger partial charge is 0.493 e. The van der Waals surface area contributed by atoms with Crippen LogP contribution in [-0.2, 0) is 11.4 Å². The van der Waals surface area contributed by atoms with Crippen molar-refractivity contribution in [1.82, 2.24) is 4.90 Å². The van der Waals surface area contributed by atoms with Gasteiger partial charge in [-0.25, -0.2) is 0 Å². The first-order chi connectivity index (χ1) is 16.9. The minimum absolute atomic E-state index is 0.140. The number of imide groups is 1. The van der Waals surface area contributed by atoms with Crippen LogP contribution in [0.1, 0.15) is 11.1 Å². The molecule has 1 fully saturated rings. The quantitative estimate of drug-likeness (QED) is 0.287. The molecule has 3 aromatic carbocycles. The molecular formula is C26H21Cl2NO5S. The van der Waals surface area contributed by atoms with Gasteiger partial charge in [-0.3, -0.25) is 14.5 Å². The molecule has 0 bridgehead atoms. The molecule has 180 valence electrons. The second-order valence-corrected chi connectivity index (χ2v) is 9.25. The molecule has 0 N–H and O–H groups in total. The van der Waals surface area contributed by atoms with Crippen LogP contribution in [0.4, 0.5) is 4.79 Å². The molecule has 4 rings (SSSR count). The molecule has 35 heavy (non-hydrogen) atoms. The maximum atomic E-state index is 12.8. The second-order valence-electron chi connectivity index (χ2n) is 7.44. The predicted molar refractivity (Wildman–Crippen MR) is 138 cm³/mol. The number of benzene rings is 3. The Balaban J connectivity index is 1.33. The maximum absolute atomic E-state index is 12.8. The number of methoxy groups -OCH3 is 1. The Bertz CT molecular complexity index is 1260. The maximum Gasteiger partial charge on any atom is 0.293 e. The van der Waals surface area contributed by atoms with Crippen molar-refractivity contribution in [3.8, 4) is 17.2 Å². The average Bonchev–Trinajstić information content (AvgIpc) is 3.13. The molecular weight excluding hydrogens is 509 g/mol. The fourth-order valence-electron chi connectivity index (χ4n) is 3.29. The minimum Gasteiger partial charge on any atom is -0.493 e. The molecule has 0 radical (unpaired) electrons. The third-order valence-electron chi connectivity index (χ3n) is 5.08. The molecule has 9 heteroatoms. The zero-order valence-corrected chi connectivity index (χ0v) is 21.0. The van der Waals surface area contributed by atoms with E-state index in [1.165, 1.54) is 4.90 Å². The Morgan fingerprint density at radius 3 is 2.37 bits per heavy atom. The minimum atomic E-state index is -0.344. The van der Waals surface area contributed by atoms with Gasteiger partial charge in [0.25, 0.3) is 11.1 Å². The third kappa shape index (κ3) is 6.31. The van der Waals surface area contributed by atoms with Gasteiger partial charge < -0.3 is 14.2 Å². The van der Waals surface area contributed by atoms with Crippen molar-refractivity contribution >= 4 is 52.2 Å². The molecule has 1 saturated heterocycles. The van der Waals surface area contributed by atoms with Gasteiger partial charge in [-0.05, 0) is 65.4 Å². The number of carbonyl (C=O) groups is 2. The summed E-state index contributed by atoms with van der Waals surface area (Å²) >= 11 is 12.9. The predicted octanol–water partition coefficient (Wildman–Crippen LogP) is 6.70. The summed E-state index contributed by atoms with van der Waals surface area (Å²) in [4.78, 5) is 26.7. The van der Waals surface area contributed by atoms with Crippen LogP contribution in [0, 0.1) is 0 Å². The molecule has 0 atom stereocenters. The fraction of sp³-hybridized carbons (Fsp3) is 0.154. The van der Waals surface area contributed by atoms with Crippen LogP contribution in [0.5, 0.6) is 17.2 Å². The van der Waals surface area contributed by atoms with Gasteiger partial charge in [0.15, 0.2) is 11.5 Å². The number of halogens is 2. The monoisotopic (exact) mass is 529 g/mol. The lowest BCUT2D eigenvalue weighted by Gasteiger charge is -2.14. The highest BCUT2D eigenvalue weighted by Gasteiger charge is 2.34. The summed E-state index contributed by atoms with van der Waals surface area (Å²) in [7, 11) is 1.55. The molecule has 1 heterocycles. The van der Waals surface area contributed by atoms with Gasteiger partial charge in [-0.1, -0.05) is 53.5 Å². The average molecular weight is 530 g/mol. The molecule has 0 saturated carbocycles. The number of para-hydroxylation sites is 2. The number of ether oxygens (including phenoxy) is 3. The Morgan fingerprint density at radius 2 is 1.66 bits per heavy atom. The van der Waals surface area contributed by atoms with E-state index in [-0.39, 0.29) is 24.3 Å². The summed E-state index contributed by atoms with van der Waals surface area (Å²) in [5, 5.41) is 0.642. The number of amides is 2. The van der Waals surface area contributed by atoms with E-state index in [0.29, 0.717) is 38.8 Å². The highest BCUT2D eigenvalue weighted by Crippen LogP contribution is 2.33. The Morgan fingerprint density at radius 1 is 0.914 bits per heavy atom. The normalized spacial score (nSPS) is 14.5. The number of hydrogen-bond acceptors (Lipinski definition) is 6. The first-order valence-corrected chi connectivity index (χ1v) is 12.2. The fourth-order valence-corrected chi connectivity index (χ4v) is 4.47. The van der Waals surface area contributed by atoms with Crippen LogP contribution in [0.15, 0.2) is 71.6 Å². The van der Waals surface area contributed by atoms with Gasteiger partial charge in [0.05, 0.1) is 28.6 Å². The van der Waals surface area contributed by atoms with Crippen molar-refractivity contribution in [3.05, 3.63) is 92.8 Å². The van der Waals surface area contributed by atoms with Crippen LogP contribution >= 0.6 is 35.0 Å². The molecule has 1 aliphatic heterocycles. The van der Waals surface area contributed by atoms with E-state index < -0.39 is 0 Å². The van der Waals surface area contributed by atoms with E-state index >= 15 is 0 Å². The van der Waals surface area contributed by atoms with E-state index in [1.807, 2.05) is 30.3 Å². The molecule has 0 unspecified atom stereocenters. The van der Waals surface area contributed by atoms with Crippen LogP contribution in [0.3, 0.4) is 0 Å². The number of carbonyl (C=O) groups excluding carboxylic acids is 2. The topological polar surface area (TPSA) is 65.1 Å². The Labute approximate surface area is 217 Å². The first kappa shape index (κ1) is 25.0. The van der Waals surface area contributed by atoms with Crippen LogP contribution in [0.2, 0.25) is 10.0 Å². The molecule has 1 aliphatic rings. The standard InChI is InChI=1S/C26H21Cl2NO5S/c1-32-22-4-2-3-5-23(22)33-13-12-29-25(30)24(35-26(29)31)15-17-6-9-19(10-7-17)34-16-18-8-11-20(27)21(28)14-18/h2-11,14-15H,12-13,16H2,1H3/b24-15-. The molecule has 0 aromatic heterocycles. The number of nitrogens with zero attached hydrogens (tertiary/aromatic N) is 1. The molecule has 6 nitrogen and oxygen atoms in total. The van der Waals surface area contributed by atoms with Crippen molar-refractivity contribution in [1.29, 1.82) is 0 Å². The lowest BCUT2D eigenvalue weighted by Crippen LogP contribution is -2.32. The van der Waals surface area contributed by atoms with Gasteiger partial charge in [-0.15, -0.1) is 0 Å². The zero-order chi connectivity index (χ0) is 24.8. The summed E-state index contributed by atoms with van der Waals surface area (Å²) in [6.45, 7) is 0.643. The van der Waals surface area contributed by atoms with Gasteiger partial charge in [-0.2, -0.15) is 0 Å². The van der Waals surface area contributed by atoms with Crippen molar-refractivity contribution in [2.24, 2.45) is 0 Å². The molecule has 0 spiro atoms. The van der Waals surface area contributed by atoms with E-state index in [9.17, 15) is 9.59 Å². The number of hydrogen-bond donors (Lipinski definition) is 0. The van der Waals surface area contributed by atoms with Crippen molar-refractivity contribution in [3.63, 3.8) is 0 Å². The van der Waals surface area contributed by atoms with Gasteiger partial charge >= 0.3 is 0 Å². The Hall–Kier alpha value is -3.13. The van der Waals surface area contributed by atoms with Gasteiger partial charge in [0.2, 0.25) is 0 Å². The SMILES string of the molecule is COc1ccccc1OCCN1C(=O)S/C(=C\c2ccc(OCc3ccc(Cl)c(Cl)c3)cc2)C1=O. The molecule has 3 aromatic rings. The second kappa shape index (κ2) is 11.5. The highest BCUT2D eigenvalue weighted by molar-refractivity contribution is 8.18. The van der Waals surface area contributed by atoms with Crippen LogP contribution in [-0.4, -0.2) is 36.3 Å². The highest BCUT2D eigenvalue weighted by atomic mass is 35.5. The van der Waals surface area contributed by atoms with E-state index in [0.717, 1.165) is 22.9 Å². The summed E-state index contributed by atoms with van der Waals surface area (Å²) in [6, 6.07) is 19.8. The van der Waals surface area contributed by atoms with Crippen molar-refractivity contribution < 1.29 is 23.8 Å².